The van der Waals surface area contributed by atoms with Gasteiger partial charge in [0.05, 0.1) is 6.54 Å². The van der Waals surface area contributed by atoms with Gasteiger partial charge >= 0.3 is 6.09 Å². The van der Waals surface area contributed by atoms with Crippen LogP contribution in [0, 0.1) is 0 Å². The van der Waals surface area contributed by atoms with Crippen LogP contribution in [0.1, 0.15) is 26.7 Å². The molecular formula is C10H18N2O2. The summed E-state index contributed by atoms with van der Waals surface area (Å²) in [5, 5.41) is 2.74. The molecule has 0 saturated carbocycles. The Morgan fingerprint density at radius 2 is 2.07 bits per heavy atom. The molecule has 2 aliphatic rings. The van der Waals surface area contributed by atoms with E-state index in [2.05, 4.69) is 24.1 Å². The summed E-state index contributed by atoms with van der Waals surface area (Å²) >= 11 is 0. The number of carbonyl (C=O) groups excluding carboxylic acids is 1. The van der Waals surface area contributed by atoms with Crippen LogP contribution in [0.25, 0.3) is 0 Å². The van der Waals surface area contributed by atoms with E-state index in [0.29, 0.717) is 12.6 Å². The van der Waals surface area contributed by atoms with E-state index >= 15 is 0 Å². The second-order valence-corrected chi connectivity index (χ2v) is 4.56. The third-order valence-electron chi connectivity index (χ3n) is 3.30. The second-order valence-electron chi connectivity index (χ2n) is 4.56. The van der Waals surface area contributed by atoms with Gasteiger partial charge in [-0.05, 0) is 13.8 Å². The van der Waals surface area contributed by atoms with Gasteiger partial charge in [0.1, 0.15) is 5.60 Å². The molecule has 80 valence electrons. The van der Waals surface area contributed by atoms with Gasteiger partial charge in [0.2, 0.25) is 0 Å². The number of rotatable bonds is 1. The lowest BCUT2D eigenvalue weighted by Crippen LogP contribution is -2.48. The van der Waals surface area contributed by atoms with Gasteiger partial charge in [0, 0.05) is 32.0 Å². The van der Waals surface area contributed by atoms with Crippen molar-refractivity contribution < 1.29 is 9.53 Å². The highest BCUT2D eigenvalue weighted by molar-refractivity contribution is 5.70. The molecule has 0 aromatic heterocycles. The van der Waals surface area contributed by atoms with E-state index in [1.807, 2.05) is 0 Å². The Hall–Kier alpha value is -0.770. The molecule has 0 radical (unpaired) electrons. The van der Waals surface area contributed by atoms with Gasteiger partial charge < -0.3 is 15.0 Å². The van der Waals surface area contributed by atoms with Gasteiger partial charge in [0.25, 0.3) is 0 Å². The first-order valence-corrected chi connectivity index (χ1v) is 5.32. The SMILES string of the molecule is CC(C)N1CCC2(CC1)CNC(=O)O2. The maximum absolute atomic E-state index is 11.0. The summed E-state index contributed by atoms with van der Waals surface area (Å²) in [6.07, 6.45) is 1.68. The number of hydrogen-bond donors (Lipinski definition) is 1. The highest BCUT2D eigenvalue weighted by atomic mass is 16.6. The largest absolute Gasteiger partial charge is 0.441 e. The molecule has 2 aliphatic heterocycles. The van der Waals surface area contributed by atoms with Crippen molar-refractivity contribution in [2.45, 2.75) is 38.3 Å². The zero-order chi connectivity index (χ0) is 10.2. The summed E-state index contributed by atoms with van der Waals surface area (Å²) in [5.41, 5.74) is -0.192. The van der Waals surface area contributed by atoms with Crippen LogP contribution in [0.2, 0.25) is 0 Å². The molecule has 4 nitrogen and oxygen atoms in total. The minimum Gasteiger partial charge on any atom is -0.441 e. The Labute approximate surface area is 84.6 Å². The molecule has 2 rings (SSSR count). The fraction of sp³-hybridized carbons (Fsp3) is 0.900. The summed E-state index contributed by atoms with van der Waals surface area (Å²) in [5.74, 6) is 0. The number of hydrogen-bond acceptors (Lipinski definition) is 3. The fourth-order valence-electron chi connectivity index (χ4n) is 2.23. The minimum atomic E-state index is -0.247. The highest BCUT2D eigenvalue weighted by Crippen LogP contribution is 2.29. The van der Waals surface area contributed by atoms with Gasteiger partial charge in [-0.15, -0.1) is 0 Å². The molecule has 1 amide bonds. The highest BCUT2D eigenvalue weighted by Gasteiger charge is 2.42. The van der Waals surface area contributed by atoms with Gasteiger partial charge in [-0.2, -0.15) is 0 Å². The summed E-state index contributed by atoms with van der Waals surface area (Å²) < 4.78 is 5.34. The number of nitrogens with one attached hydrogen (secondary N) is 1. The zero-order valence-electron chi connectivity index (χ0n) is 8.88. The monoisotopic (exact) mass is 198 g/mol. The van der Waals surface area contributed by atoms with Crippen molar-refractivity contribution in [3.05, 3.63) is 0 Å². The normalized spacial score (nSPS) is 26.6. The average Bonchev–Trinajstić information content (AvgIpc) is 2.48. The molecule has 0 aromatic rings. The molecule has 14 heavy (non-hydrogen) atoms. The summed E-state index contributed by atoms with van der Waals surface area (Å²) in [6.45, 7) is 7.17. The van der Waals surface area contributed by atoms with Crippen LogP contribution in [-0.2, 0) is 4.74 Å². The predicted octanol–water partition coefficient (Wildman–Crippen LogP) is 0.969. The maximum Gasteiger partial charge on any atom is 0.407 e. The van der Waals surface area contributed by atoms with Crippen molar-refractivity contribution in [2.75, 3.05) is 19.6 Å². The van der Waals surface area contributed by atoms with Crippen LogP contribution in [-0.4, -0.2) is 42.3 Å². The van der Waals surface area contributed by atoms with Crippen LogP contribution in [0.3, 0.4) is 0 Å². The topological polar surface area (TPSA) is 41.6 Å². The Bertz CT molecular complexity index is 232. The van der Waals surface area contributed by atoms with Crippen molar-refractivity contribution in [2.24, 2.45) is 0 Å². The maximum atomic E-state index is 11.0. The van der Waals surface area contributed by atoms with Gasteiger partial charge in [-0.3, -0.25) is 0 Å². The summed E-state index contributed by atoms with van der Waals surface area (Å²) in [4.78, 5) is 13.4. The number of ether oxygens (including phenoxy) is 1. The lowest BCUT2D eigenvalue weighted by molar-refractivity contribution is -0.00610. The van der Waals surface area contributed by atoms with E-state index in [4.69, 9.17) is 4.74 Å². The van der Waals surface area contributed by atoms with Crippen LogP contribution in [0.4, 0.5) is 4.79 Å². The number of carbonyl (C=O) groups is 1. The predicted molar refractivity (Wildman–Crippen MR) is 53.2 cm³/mol. The van der Waals surface area contributed by atoms with E-state index in [1.54, 1.807) is 0 Å². The Morgan fingerprint density at radius 1 is 1.43 bits per heavy atom. The van der Waals surface area contributed by atoms with Gasteiger partial charge in [-0.1, -0.05) is 0 Å². The number of nitrogens with zero attached hydrogens (tertiary/aromatic N) is 1. The van der Waals surface area contributed by atoms with Crippen LogP contribution in [0.15, 0.2) is 0 Å². The molecule has 2 fully saturated rings. The molecular weight excluding hydrogens is 180 g/mol. The molecule has 2 saturated heterocycles. The molecule has 0 aromatic carbocycles. The van der Waals surface area contributed by atoms with Gasteiger partial charge in [0.15, 0.2) is 0 Å². The Kier molecular flexibility index (Phi) is 2.39. The van der Waals surface area contributed by atoms with E-state index in [9.17, 15) is 4.79 Å². The standard InChI is InChI=1S/C10H18N2O2/c1-8(2)12-5-3-10(4-6-12)7-11-9(13)14-10/h8H,3-7H2,1-2H3,(H,11,13). The molecule has 0 atom stereocenters. The second kappa shape index (κ2) is 3.42. The smallest absolute Gasteiger partial charge is 0.407 e. The summed E-state index contributed by atoms with van der Waals surface area (Å²) in [7, 11) is 0. The molecule has 2 heterocycles. The van der Waals surface area contributed by atoms with Gasteiger partial charge in [-0.25, -0.2) is 4.79 Å². The van der Waals surface area contributed by atoms with E-state index < -0.39 is 0 Å². The first-order chi connectivity index (χ1) is 6.61. The lowest BCUT2D eigenvalue weighted by atomic mass is 9.91. The Balaban J connectivity index is 1.92. The van der Waals surface area contributed by atoms with Crippen molar-refractivity contribution in [3.8, 4) is 0 Å². The third kappa shape index (κ3) is 1.71. The van der Waals surface area contributed by atoms with Crippen LogP contribution < -0.4 is 5.32 Å². The van der Waals surface area contributed by atoms with Crippen molar-refractivity contribution in [1.29, 1.82) is 0 Å². The van der Waals surface area contributed by atoms with Crippen molar-refractivity contribution in [1.82, 2.24) is 10.2 Å². The molecule has 0 aliphatic carbocycles. The fourth-order valence-corrected chi connectivity index (χ4v) is 2.23. The summed E-state index contributed by atoms with van der Waals surface area (Å²) in [6, 6.07) is 0.595. The number of piperidine rings is 1. The Morgan fingerprint density at radius 3 is 2.50 bits per heavy atom. The van der Waals surface area contributed by atoms with Crippen LogP contribution >= 0.6 is 0 Å². The third-order valence-corrected chi connectivity index (χ3v) is 3.30. The zero-order valence-corrected chi connectivity index (χ0v) is 8.88. The molecule has 1 N–H and O–H groups in total. The number of amides is 1. The van der Waals surface area contributed by atoms with E-state index in [-0.39, 0.29) is 11.7 Å². The van der Waals surface area contributed by atoms with E-state index in [1.165, 1.54) is 0 Å². The molecule has 4 heteroatoms. The molecule has 1 spiro atoms. The van der Waals surface area contributed by atoms with Crippen molar-refractivity contribution >= 4 is 6.09 Å². The average molecular weight is 198 g/mol. The van der Waals surface area contributed by atoms with Crippen LogP contribution in [0.5, 0.6) is 0 Å². The number of likely N-dealkylation sites (tertiary alicyclic amines) is 1. The van der Waals surface area contributed by atoms with E-state index in [0.717, 1.165) is 25.9 Å². The molecule has 0 unspecified atom stereocenters. The lowest BCUT2D eigenvalue weighted by Gasteiger charge is -2.38. The first kappa shape index (κ1) is 9.77. The first-order valence-electron chi connectivity index (χ1n) is 5.32. The number of alkyl carbamates (subject to hydrolysis) is 1. The minimum absolute atomic E-state index is 0.192. The quantitative estimate of drug-likeness (QED) is 0.682. The van der Waals surface area contributed by atoms with Crippen molar-refractivity contribution in [3.63, 3.8) is 0 Å². The molecule has 0 bridgehead atoms.